The monoisotopic (exact) mass is 324 g/mol. The van der Waals surface area contributed by atoms with E-state index in [4.69, 9.17) is 17.3 Å². The Balaban J connectivity index is 2.41. The first kappa shape index (κ1) is 15.8. The zero-order chi connectivity index (χ0) is 15.5. The van der Waals surface area contributed by atoms with Crippen LogP contribution in [0.15, 0.2) is 53.4 Å². The highest BCUT2D eigenvalue weighted by Crippen LogP contribution is 2.30. The molecule has 0 saturated heterocycles. The van der Waals surface area contributed by atoms with E-state index in [1.807, 2.05) is 30.3 Å². The summed E-state index contributed by atoms with van der Waals surface area (Å²) >= 11 is 6.03. The van der Waals surface area contributed by atoms with Crippen molar-refractivity contribution in [1.82, 2.24) is 4.31 Å². The first-order valence-electron chi connectivity index (χ1n) is 6.55. The summed E-state index contributed by atoms with van der Waals surface area (Å²) in [4.78, 5) is -0.0237. The van der Waals surface area contributed by atoms with Crippen LogP contribution in [0.4, 0.5) is 5.69 Å². The fraction of sp³-hybridized carbons (Fsp3) is 0.200. The van der Waals surface area contributed by atoms with Gasteiger partial charge in [-0.1, -0.05) is 54.9 Å². The number of rotatable bonds is 5. The van der Waals surface area contributed by atoms with Crippen LogP contribution in [0, 0.1) is 0 Å². The van der Waals surface area contributed by atoms with Crippen LogP contribution in [0.5, 0.6) is 0 Å². The van der Waals surface area contributed by atoms with E-state index in [1.54, 1.807) is 13.0 Å². The van der Waals surface area contributed by atoms with E-state index >= 15 is 0 Å². The van der Waals surface area contributed by atoms with Gasteiger partial charge in [-0.2, -0.15) is 4.31 Å². The summed E-state index contributed by atoms with van der Waals surface area (Å²) in [6.45, 7) is 2.40. The Morgan fingerprint density at radius 3 is 2.33 bits per heavy atom. The predicted molar refractivity (Wildman–Crippen MR) is 85.6 cm³/mol. The maximum atomic E-state index is 12.8. The van der Waals surface area contributed by atoms with Gasteiger partial charge in [-0.25, -0.2) is 8.42 Å². The molecule has 0 unspecified atom stereocenters. The summed E-state index contributed by atoms with van der Waals surface area (Å²) in [5.41, 5.74) is 6.87. The number of halogens is 1. The number of hydrogen-bond acceptors (Lipinski definition) is 3. The molecule has 0 bridgehead atoms. The van der Waals surface area contributed by atoms with Crippen molar-refractivity contribution in [3.8, 4) is 0 Å². The number of sulfonamides is 1. The smallest absolute Gasteiger partial charge is 0.246 e. The summed E-state index contributed by atoms with van der Waals surface area (Å²) in [7, 11) is -3.73. The zero-order valence-electron chi connectivity index (χ0n) is 11.7. The second-order valence-electron chi connectivity index (χ2n) is 4.57. The van der Waals surface area contributed by atoms with Crippen molar-refractivity contribution in [1.29, 1.82) is 0 Å². The Hall–Kier alpha value is -1.56. The minimum absolute atomic E-state index is 0.0237. The largest absolute Gasteiger partial charge is 0.398 e. The molecule has 4 nitrogen and oxygen atoms in total. The van der Waals surface area contributed by atoms with Crippen LogP contribution < -0.4 is 5.73 Å². The summed E-state index contributed by atoms with van der Waals surface area (Å²) < 4.78 is 26.9. The number of nitrogens with zero attached hydrogens (tertiary/aromatic N) is 1. The van der Waals surface area contributed by atoms with Crippen LogP contribution >= 0.6 is 11.6 Å². The predicted octanol–water partition coefficient (Wildman–Crippen LogP) is 3.13. The van der Waals surface area contributed by atoms with Crippen LogP contribution in [0.1, 0.15) is 12.5 Å². The van der Waals surface area contributed by atoms with Crippen LogP contribution in [0.2, 0.25) is 5.02 Å². The molecule has 112 valence electrons. The second-order valence-corrected chi connectivity index (χ2v) is 6.86. The van der Waals surface area contributed by atoms with Crippen LogP contribution in [0.25, 0.3) is 0 Å². The number of nitrogens with two attached hydrogens (primary N) is 1. The first-order valence-corrected chi connectivity index (χ1v) is 8.36. The van der Waals surface area contributed by atoms with Gasteiger partial charge in [0, 0.05) is 13.1 Å². The molecule has 0 radical (unpaired) electrons. The van der Waals surface area contributed by atoms with Crippen molar-refractivity contribution < 1.29 is 8.42 Å². The minimum atomic E-state index is -3.73. The van der Waals surface area contributed by atoms with Gasteiger partial charge in [-0.3, -0.25) is 0 Å². The van der Waals surface area contributed by atoms with E-state index < -0.39 is 10.0 Å². The average Bonchev–Trinajstić information content (AvgIpc) is 2.45. The molecule has 0 atom stereocenters. The summed E-state index contributed by atoms with van der Waals surface area (Å²) in [5.74, 6) is 0. The molecule has 0 amide bonds. The molecule has 0 aliphatic heterocycles. The summed E-state index contributed by atoms with van der Waals surface area (Å²) in [6.07, 6.45) is 0. The third-order valence-electron chi connectivity index (χ3n) is 3.15. The molecule has 2 rings (SSSR count). The molecule has 0 heterocycles. The molecule has 0 fully saturated rings. The van der Waals surface area contributed by atoms with Gasteiger partial charge in [0.05, 0.1) is 10.7 Å². The lowest BCUT2D eigenvalue weighted by Gasteiger charge is -2.22. The van der Waals surface area contributed by atoms with E-state index in [9.17, 15) is 8.42 Å². The average molecular weight is 325 g/mol. The highest BCUT2D eigenvalue weighted by atomic mass is 35.5. The van der Waals surface area contributed by atoms with Crippen molar-refractivity contribution in [2.24, 2.45) is 0 Å². The number of hydrogen-bond donors (Lipinski definition) is 1. The SMILES string of the molecule is CCN(Cc1ccccc1)S(=O)(=O)c1c(N)cccc1Cl. The topological polar surface area (TPSA) is 63.4 Å². The fourth-order valence-corrected chi connectivity index (χ4v) is 4.15. The second kappa shape index (κ2) is 6.47. The molecule has 2 aromatic rings. The van der Waals surface area contributed by atoms with Crippen molar-refractivity contribution >= 4 is 27.3 Å². The molecule has 2 aromatic carbocycles. The van der Waals surface area contributed by atoms with Gasteiger partial charge < -0.3 is 5.73 Å². The molecule has 0 saturated carbocycles. The zero-order valence-corrected chi connectivity index (χ0v) is 13.2. The number of nitrogen functional groups attached to an aromatic ring is 1. The molecule has 2 N–H and O–H groups in total. The third-order valence-corrected chi connectivity index (χ3v) is 5.62. The Bertz CT molecular complexity index is 697. The van der Waals surface area contributed by atoms with Crippen LogP contribution in [-0.2, 0) is 16.6 Å². The van der Waals surface area contributed by atoms with Crippen molar-refractivity contribution in [2.45, 2.75) is 18.4 Å². The standard InChI is InChI=1S/C15H17ClN2O2S/c1-2-18(11-12-7-4-3-5-8-12)21(19,20)15-13(16)9-6-10-14(15)17/h3-10H,2,11,17H2,1H3. The van der Waals surface area contributed by atoms with E-state index in [0.29, 0.717) is 6.54 Å². The quantitative estimate of drug-likeness (QED) is 0.859. The molecule has 0 aliphatic rings. The summed E-state index contributed by atoms with van der Waals surface area (Å²) in [5, 5.41) is 0.140. The third kappa shape index (κ3) is 3.37. The van der Waals surface area contributed by atoms with Gasteiger partial charge in [0.1, 0.15) is 4.90 Å². The lowest BCUT2D eigenvalue weighted by Crippen LogP contribution is -2.31. The molecule has 0 spiro atoms. The number of benzene rings is 2. The fourth-order valence-electron chi connectivity index (χ4n) is 2.08. The highest BCUT2D eigenvalue weighted by molar-refractivity contribution is 7.89. The maximum Gasteiger partial charge on any atom is 0.246 e. The lowest BCUT2D eigenvalue weighted by molar-refractivity contribution is 0.424. The molecule has 6 heteroatoms. The van der Waals surface area contributed by atoms with Gasteiger partial charge in [0.2, 0.25) is 10.0 Å². The van der Waals surface area contributed by atoms with Crippen molar-refractivity contribution in [3.63, 3.8) is 0 Å². The Labute approximate surface area is 130 Å². The summed E-state index contributed by atoms with van der Waals surface area (Å²) in [6, 6.07) is 14.1. The van der Waals surface area contributed by atoms with Crippen LogP contribution in [0.3, 0.4) is 0 Å². The van der Waals surface area contributed by atoms with Crippen molar-refractivity contribution in [2.75, 3.05) is 12.3 Å². The van der Waals surface area contributed by atoms with E-state index in [1.165, 1.54) is 16.4 Å². The van der Waals surface area contributed by atoms with Gasteiger partial charge in [0.15, 0.2) is 0 Å². The first-order chi connectivity index (χ1) is 9.96. The van der Waals surface area contributed by atoms with E-state index in [-0.39, 0.29) is 22.2 Å². The maximum absolute atomic E-state index is 12.8. The van der Waals surface area contributed by atoms with Gasteiger partial charge >= 0.3 is 0 Å². The number of anilines is 1. The lowest BCUT2D eigenvalue weighted by atomic mass is 10.2. The molecule has 0 aromatic heterocycles. The van der Waals surface area contributed by atoms with Gasteiger partial charge in [0.25, 0.3) is 0 Å². The Morgan fingerprint density at radius 1 is 1.10 bits per heavy atom. The molecular weight excluding hydrogens is 308 g/mol. The Kier molecular flexibility index (Phi) is 4.88. The minimum Gasteiger partial charge on any atom is -0.398 e. The Morgan fingerprint density at radius 2 is 1.76 bits per heavy atom. The molecule has 21 heavy (non-hydrogen) atoms. The molecular formula is C15H17ClN2O2S. The van der Waals surface area contributed by atoms with Crippen molar-refractivity contribution in [3.05, 3.63) is 59.1 Å². The molecule has 0 aliphatic carbocycles. The van der Waals surface area contributed by atoms with Gasteiger partial charge in [-0.15, -0.1) is 0 Å². The highest BCUT2D eigenvalue weighted by Gasteiger charge is 2.27. The normalized spacial score (nSPS) is 11.8. The van der Waals surface area contributed by atoms with E-state index in [2.05, 4.69) is 0 Å². The van der Waals surface area contributed by atoms with E-state index in [0.717, 1.165) is 5.56 Å². The van der Waals surface area contributed by atoms with Crippen LogP contribution in [-0.4, -0.2) is 19.3 Å². The van der Waals surface area contributed by atoms with Gasteiger partial charge in [-0.05, 0) is 17.7 Å².